The number of sulfone groups is 1. The summed E-state index contributed by atoms with van der Waals surface area (Å²) in [6.45, 7) is 2.76. The van der Waals surface area contributed by atoms with Gasteiger partial charge in [0.15, 0.2) is 9.84 Å². The highest BCUT2D eigenvalue weighted by Gasteiger charge is 2.30. The third kappa shape index (κ3) is 2.12. The lowest BCUT2D eigenvalue weighted by molar-refractivity contribution is 0.487. The summed E-state index contributed by atoms with van der Waals surface area (Å²) in [5.41, 5.74) is 2.20. The molecule has 0 aromatic carbocycles. The fourth-order valence-electron chi connectivity index (χ4n) is 2.16. The number of aromatic nitrogens is 2. The first-order chi connectivity index (χ1) is 7.53. The molecule has 2 rings (SSSR count). The molecule has 1 saturated heterocycles. The van der Waals surface area contributed by atoms with Gasteiger partial charge in [0.2, 0.25) is 0 Å². The van der Waals surface area contributed by atoms with Gasteiger partial charge in [-0.2, -0.15) is 5.10 Å². The van der Waals surface area contributed by atoms with Gasteiger partial charge in [0.25, 0.3) is 0 Å². The lowest BCUT2D eigenvalue weighted by Gasteiger charge is -2.11. The summed E-state index contributed by atoms with van der Waals surface area (Å²) in [6.07, 6.45) is 2.50. The number of nitrogens with zero attached hydrogens (tertiary/aromatic N) is 2. The molecule has 1 aromatic rings. The summed E-state index contributed by atoms with van der Waals surface area (Å²) >= 11 is 0. The van der Waals surface area contributed by atoms with Crippen molar-refractivity contribution in [3.05, 3.63) is 17.5 Å². The second kappa shape index (κ2) is 4.18. The van der Waals surface area contributed by atoms with E-state index in [0.717, 1.165) is 17.8 Å². The minimum Gasteiger partial charge on any atom is -0.316 e. The minimum absolute atomic E-state index is 0.0237. The van der Waals surface area contributed by atoms with Crippen molar-refractivity contribution >= 4 is 9.84 Å². The molecular formula is C10H17N3O2S. The highest BCUT2D eigenvalue weighted by Crippen LogP contribution is 2.25. The monoisotopic (exact) mass is 243 g/mol. The first-order valence-corrected chi connectivity index (χ1v) is 7.23. The Hall–Kier alpha value is -0.880. The normalized spacial score (nSPS) is 23.8. The van der Waals surface area contributed by atoms with Crippen LogP contribution in [0.1, 0.15) is 23.7 Å². The van der Waals surface area contributed by atoms with Gasteiger partial charge in [-0.25, -0.2) is 8.42 Å². The molecule has 0 bridgehead atoms. The lowest BCUT2D eigenvalue weighted by atomic mass is 10.2. The van der Waals surface area contributed by atoms with Crippen LogP contribution in [-0.2, 0) is 16.4 Å². The number of nitrogens with one attached hydrogen (secondary N) is 1. The Kier molecular flexibility index (Phi) is 3.03. The van der Waals surface area contributed by atoms with Gasteiger partial charge in [0.05, 0.1) is 23.7 Å². The molecule has 90 valence electrons. The number of rotatable bonds is 3. The molecule has 5 nitrogen and oxygen atoms in total. The molecule has 2 heterocycles. The standard InChI is InChI=1S/C10H17N3O2S/c1-8-9(5-11-2)6-12-13(8)10-3-4-16(14,15)7-10/h6,10-11H,3-5,7H2,1-2H3. The van der Waals surface area contributed by atoms with Crippen molar-refractivity contribution < 1.29 is 8.42 Å². The number of hydrogen-bond donors (Lipinski definition) is 1. The molecule has 1 fully saturated rings. The van der Waals surface area contributed by atoms with E-state index in [1.54, 1.807) is 0 Å². The Morgan fingerprint density at radius 2 is 2.38 bits per heavy atom. The molecule has 1 aromatic heterocycles. The molecule has 0 radical (unpaired) electrons. The molecule has 1 aliphatic rings. The fourth-order valence-corrected chi connectivity index (χ4v) is 3.85. The van der Waals surface area contributed by atoms with Crippen molar-refractivity contribution in [1.29, 1.82) is 0 Å². The molecule has 1 aliphatic heterocycles. The molecule has 1 unspecified atom stereocenters. The van der Waals surface area contributed by atoms with Gasteiger partial charge in [-0.05, 0) is 20.4 Å². The van der Waals surface area contributed by atoms with Crippen molar-refractivity contribution in [3.63, 3.8) is 0 Å². The zero-order valence-electron chi connectivity index (χ0n) is 9.60. The third-order valence-corrected chi connectivity index (χ3v) is 4.82. The van der Waals surface area contributed by atoms with Gasteiger partial charge in [0, 0.05) is 17.8 Å². The van der Waals surface area contributed by atoms with Crippen molar-refractivity contribution in [2.45, 2.75) is 25.9 Å². The Morgan fingerprint density at radius 1 is 1.62 bits per heavy atom. The highest BCUT2D eigenvalue weighted by molar-refractivity contribution is 7.91. The third-order valence-electron chi connectivity index (χ3n) is 3.07. The summed E-state index contributed by atoms with van der Waals surface area (Å²) in [5.74, 6) is 0.521. The Labute approximate surface area is 95.8 Å². The molecule has 0 spiro atoms. The predicted molar refractivity (Wildman–Crippen MR) is 62.0 cm³/mol. The van der Waals surface area contributed by atoms with E-state index in [9.17, 15) is 8.42 Å². The van der Waals surface area contributed by atoms with Crippen LogP contribution in [0.15, 0.2) is 6.20 Å². The van der Waals surface area contributed by atoms with Crippen LogP contribution in [-0.4, -0.2) is 36.8 Å². The van der Waals surface area contributed by atoms with E-state index >= 15 is 0 Å². The largest absolute Gasteiger partial charge is 0.316 e. The highest BCUT2D eigenvalue weighted by atomic mass is 32.2. The average molecular weight is 243 g/mol. The summed E-state index contributed by atoms with van der Waals surface area (Å²) < 4.78 is 24.7. The van der Waals surface area contributed by atoms with E-state index in [-0.39, 0.29) is 11.8 Å². The van der Waals surface area contributed by atoms with Gasteiger partial charge >= 0.3 is 0 Å². The smallest absolute Gasteiger partial charge is 0.152 e. The van der Waals surface area contributed by atoms with E-state index in [1.807, 2.05) is 24.9 Å². The average Bonchev–Trinajstić information content (AvgIpc) is 2.72. The van der Waals surface area contributed by atoms with Crippen LogP contribution >= 0.6 is 0 Å². The van der Waals surface area contributed by atoms with Gasteiger partial charge in [0.1, 0.15) is 0 Å². The van der Waals surface area contributed by atoms with Crippen LogP contribution in [0.25, 0.3) is 0 Å². The summed E-state index contributed by atoms with van der Waals surface area (Å²) in [5, 5.41) is 7.37. The van der Waals surface area contributed by atoms with E-state index in [0.29, 0.717) is 12.2 Å². The predicted octanol–water partition coefficient (Wildman–Crippen LogP) is 0.271. The maximum Gasteiger partial charge on any atom is 0.152 e. The minimum atomic E-state index is -2.84. The van der Waals surface area contributed by atoms with Gasteiger partial charge < -0.3 is 5.32 Å². The second-order valence-electron chi connectivity index (χ2n) is 4.29. The molecular weight excluding hydrogens is 226 g/mol. The second-order valence-corrected chi connectivity index (χ2v) is 6.52. The SMILES string of the molecule is CNCc1cnn(C2CCS(=O)(=O)C2)c1C. The molecule has 6 heteroatoms. The van der Waals surface area contributed by atoms with E-state index in [2.05, 4.69) is 10.4 Å². The van der Waals surface area contributed by atoms with Gasteiger partial charge in [-0.1, -0.05) is 0 Å². The lowest BCUT2D eigenvalue weighted by Crippen LogP contribution is -2.14. The van der Waals surface area contributed by atoms with E-state index in [4.69, 9.17) is 0 Å². The Bertz CT molecular complexity index is 478. The van der Waals surface area contributed by atoms with Crippen LogP contribution in [0.2, 0.25) is 0 Å². The van der Waals surface area contributed by atoms with Crippen LogP contribution < -0.4 is 5.32 Å². The molecule has 0 saturated carbocycles. The van der Waals surface area contributed by atoms with Crippen LogP contribution in [0.3, 0.4) is 0 Å². The van der Waals surface area contributed by atoms with Crippen molar-refractivity contribution in [2.75, 3.05) is 18.6 Å². The first-order valence-electron chi connectivity index (χ1n) is 5.41. The van der Waals surface area contributed by atoms with Gasteiger partial charge in [-0.3, -0.25) is 4.68 Å². The Morgan fingerprint density at radius 3 is 2.94 bits per heavy atom. The molecule has 0 amide bonds. The maximum absolute atomic E-state index is 11.4. The van der Waals surface area contributed by atoms with Crippen LogP contribution in [0.4, 0.5) is 0 Å². The van der Waals surface area contributed by atoms with Crippen LogP contribution in [0, 0.1) is 6.92 Å². The maximum atomic E-state index is 11.4. The van der Waals surface area contributed by atoms with Gasteiger partial charge in [-0.15, -0.1) is 0 Å². The summed E-state index contributed by atoms with van der Waals surface area (Å²) in [4.78, 5) is 0. The first kappa shape index (κ1) is 11.6. The van der Waals surface area contributed by atoms with Crippen molar-refractivity contribution in [2.24, 2.45) is 0 Å². The van der Waals surface area contributed by atoms with Crippen LogP contribution in [0.5, 0.6) is 0 Å². The molecule has 16 heavy (non-hydrogen) atoms. The quantitative estimate of drug-likeness (QED) is 0.827. The molecule has 1 N–H and O–H groups in total. The molecule has 0 aliphatic carbocycles. The Balaban J connectivity index is 2.22. The topological polar surface area (TPSA) is 64.0 Å². The zero-order valence-corrected chi connectivity index (χ0v) is 10.4. The van der Waals surface area contributed by atoms with E-state index in [1.165, 1.54) is 0 Å². The number of hydrogen-bond acceptors (Lipinski definition) is 4. The van der Waals surface area contributed by atoms with Crippen molar-refractivity contribution in [1.82, 2.24) is 15.1 Å². The summed E-state index contributed by atoms with van der Waals surface area (Å²) in [6, 6.07) is 0.0237. The summed E-state index contributed by atoms with van der Waals surface area (Å²) in [7, 11) is -0.954. The van der Waals surface area contributed by atoms with E-state index < -0.39 is 9.84 Å². The fraction of sp³-hybridized carbons (Fsp3) is 0.700. The molecule has 1 atom stereocenters. The van der Waals surface area contributed by atoms with Crippen molar-refractivity contribution in [3.8, 4) is 0 Å². The zero-order chi connectivity index (χ0) is 11.8.